The minimum Gasteiger partial charge on any atom is -0.460 e. The van der Waals surface area contributed by atoms with Gasteiger partial charge in [-0.1, -0.05) is 29.4 Å². The van der Waals surface area contributed by atoms with Crippen molar-refractivity contribution in [2.75, 3.05) is 6.61 Å². The van der Waals surface area contributed by atoms with Crippen molar-refractivity contribution in [1.29, 1.82) is 0 Å². The van der Waals surface area contributed by atoms with Gasteiger partial charge in [0.1, 0.15) is 0 Å². The molecule has 0 aliphatic rings. The molecule has 0 saturated heterocycles. The van der Waals surface area contributed by atoms with Gasteiger partial charge in [-0.25, -0.2) is 4.79 Å². The molecule has 9 heteroatoms. The highest BCUT2D eigenvalue weighted by Gasteiger charge is 2.38. The number of esters is 1. The van der Waals surface area contributed by atoms with Crippen LogP contribution in [0.15, 0.2) is 28.8 Å². The van der Waals surface area contributed by atoms with Crippen LogP contribution >= 0.6 is 0 Å². The van der Waals surface area contributed by atoms with Crippen molar-refractivity contribution in [2.24, 2.45) is 0 Å². The van der Waals surface area contributed by atoms with Crippen LogP contribution in [0, 0.1) is 0 Å². The third-order valence-electron chi connectivity index (χ3n) is 3.02. The van der Waals surface area contributed by atoms with Crippen molar-refractivity contribution >= 4 is 11.8 Å². The molecule has 0 N–H and O–H groups in total. The monoisotopic (exact) mass is 342 g/mol. The maximum Gasteiger partial charge on any atom is 0.471 e. The number of aryl methyl sites for hydroxylation is 1. The van der Waals surface area contributed by atoms with E-state index in [1.807, 2.05) is 0 Å². The van der Waals surface area contributed by atoms with Gasteiger partial charge in [0.25, 0.3) is 0 Å². The largest absolute Gasteiger partial charge is 0.471 e. The quantitative estimate of drug-likeness (QED) is 0.593. The first kappa shape index (κ1) is 17.6. The zero-order valence-corrected chi connectivity index (χ0v) is 12.6. The lowest BCUT2D eigenvalue weighted by atomic mass is 10.1. The van der Waals surface area contributed by atoms with Gasteiger partial charge < -0.3 is 9.26 Å². The first-order valence-electron chi connectivity index (χ1n) is 7.01. The van der Waals surface area contributed by atoms with Crippen LogP contribution in [0.4, 0.5) is 13.2 Å². The first-order valence-corrected chi connectivity index (χ1v) is 7.01. The van der Waals surface area contributed by atoms with Gasteiger partial charge in [-0.05, 0) is 18.9 Å². The molecule has 2 rings (SSSR count). The highest BCUT2D eigenvalue weighted by atomic mass is 19.4. The normalized spacial score (nSPS) is 11.3. The number of carbonyl (C=O) groups excluding carboxylic acids is 2. The lowest BCUT2D eigenvalue weighted by Gasteiger charge is -2.02. The molecular weight excluding hydrogens is 329 g/mol. The summed E-state index contributed by atoms with van der Waals surface area (Å²) in [4.78, 5) is 26.0. The summed E-state index contributed by atoms with van der Waals surface area (Å²) in [5.74, 6) is -3.10. The first-order chi connectivity index (χ1) is 11.3. The molecule has 128 valence electrons. The third kappa shape index (κ3) is 4.40. The summed E-state index contributed by atoms with van der Waals surface area (Å²) < 4.78 is 46.0. The van der Waals surface area contributed by atoms with Gasteiger partial charge >= 0.3 is 18.0 Å². The van der Waals surface area contributed by atoms with Crippen LogP contribution in [0.5, 0.6) is 0 Å². The van der Waals surface area contributed by atoms with Crippen molar-refractivity contribution < 1.29 is 32.0 Å². The summed E-state index contributed by atoms with van der Waals surface area (Å²) in [5, 5.41) is 3.28. The van der Waals surface area contributed by atoms with Gasteiger partial charge in [0.15, 0.2) is 0 Å². The van der Waals surface area contributed by atoms with Gasteiger partial charge in [-0.15, -0.1) is 0 Å². The smallest absolute Gasteiger partial charge is 0.460 e. The molecule has 24 heavy (non-hydrogen) atoms. The number of rotatable bonds is 6. The van der Waals surface area contributed by atoms with E-state index in [2.05, 4.69) is 19.4 Å². The number of alkyl halides is 3. The van der Waals surface area contributed by atoms with E-state index >= 15 is 0 Å². The van der Waals surface area contributed by atoms with Crippen molar-refractivity contribution in [3.8, 4) is 11.4 Å². The number of ketones is 1. The number of halogens is 3. The minimum atomic E-state index is -4.70. The highest BCUT2D eigenvalue weighted by Crippen LogP contribution is 2.29. The Bertz CT molecular complexity index is 723. The van der Waals surface area contributed by atoms with Crippen LogP contribution in [-0.2, 0) is 26.9 Å². The number of hydrogen-bond donors (Lipinski definition) is 0. The van der Waals surface area contributed by atoms with E-state index in [4.69, 9.17) is 0 Å². The zero-order valence-electron chi connectivity index (χ0n) is 12.6. The van der Waals surface area contributed by atoms with E-state index in [-0.39, 0.29) is 18.9 Å². The average Bonchev–Trinajstić information content (AvgIpc) is 3.03. The molecule has 6 nitrogen and oxygen atoms in total. The van der Waals surface area contributed by atoms with Crippen LogP contribution in [-0.4, -0.2) is 28.5 Å². The predicted molar refractivity (Wildman–Crippen MR) is 74.7 cm³/mol. The van der Waals surface area contributed by atoms with Crippen LogP contribution in [0.25, 0.3) is 11.4 Å². The highest BCUT2D eigenvalue weighted by molar-refractivity contribution is 6.33. The summed E-state index contributed by atoms with van der Waals surface area (Å²) in [6.45, 7) is 1.73. The van der Waals surface area contributed by atoms with Gasteiger partial charge in [0.2, 0.25) is 11.6 Å². The number of Topliss-reactive ketones (excluding diaryl/α,β-unsaturated/α-hetero) is 1. The molecule has 0 saturated carbocycles. The van der Waals surface area contributed by atoms with Crippen LogP contribution < -0.4 is 0 Å². The van der Waals surface area contributed by atoms with Crippen molar-refractivity contribution in [3.05, 3.63) is 35.7 Å². The van der Waals surface area contributed by atoms with Crippen LogP contribution in [0.1, 0.15) is 24.8 Å². The second-order valence-electron chi connectivity index (χ2n) is 4.76. The summed E-state index contributed by atoms with van der Waals surface area (Å²) in [7, 11) is 0. The lowest BCUT2D eigenvalue weighted by Crippen LogP contribution is -2.17. The molecule has 0 spiro atoms. The van der Waals surface area contributed by atoms with Gasteiger partial charge in [-0.3, -0.25) is 4.79 Å². The Kier molecular flexibility index (Phi) is 5.32. The van der Waals surface area contributed by atoms with Crippen LogP contribution in [0.2, 0.25) is 0 Å². The summed E-state index contributed by atoms with van der Waals surface area (Å²) in [6, 6.07) is 6.24. The fourth-order valence-electron chi connectivity index (χ4n) is 1.85. The molecule has 1 aromatic carbocycles. The van der Waals surface area contributed by atoms with E-state index in [0.29, 0.717) is 12.0 Å². The zero-order chi connectivity index (χ0) is 17.7. The second kappa shape index (κ2) is 7.24. The number of hydrogen-bond acceptors (Lipinski definition) is 6. The van der Waals surface area contributed by atoms with E-state index in [9.17, 15) is 22.8 Å². The number of carbonyl (C=O) groups is 2. The van der Waals surface area contributed by atoms with Gasteiger partial charge in [0.05, 0.1) is 6.61 Å². The molecule has 0 aliphatic carbocycles. The molecule has 0 bridgehead atoms. The standard InChI is InChI=1S/C15H13F3N2O4/c1-2-23-13(22)11(21)8-5-9-3-6-10(7-4-9)12-19-14(24-20-12)15(16,17)18/h3-4,6-7H,2,5,8H2,1H3. The van der Waals surface area contributed by atoms with E-state index in [1.165, 1.54) is 12.1 Å². The summed E-state index contributed by atoms with van der Waals surface area (Å²) in [6.07, 6.45) is -4.41. The van der Waals surface area contributed by atoms with E-state index < -0.39 is 23.8 Å². The maximum atomic E-state index is 12.4. The Morgan fingerprint density at radius 3 is 2.42 bits per heavy atom. The van der Waals surface area contributed by atoms with Crippen molar-refractivity contribution in [3.63, 3.8) is 0 Å². The SMILES string of the molecule is CCOC(=O)C(=O)CCc1ccc(-c2noc(C(F)(F)F)n2)cc1. The van der Waals surface area contributed by atoms with Gasteiger partial charge in [0, 0.05) is 12.0 Å². The Labute approximate surface area is 134 Å². The average molecular weight is 342 g/mol. The summed E-state index contributed by atoms with van der Waals surface area (Å²) in [5.41, 5.74) is 1.07. The minimum absolute atomic E-state index is 0.0153. The topological polar surface area (TPSA) is 82.3 Å². The molecule has 0 unspecified atom stereocenters. The molecule has 1 aromatic heterocycles. The summed E-state index contributed by atoms with van der Waals surface area (Å²) >= 11 is 0. The lowest BCUT2D eigenvalue weighted by molar-refractivity contribution is -0.159. The fraction of sp³-hybridized carbons (Fsp3) is 0.333. The maximum absolute atomic E-state index is 12.4. The molecule has 0 amide bonds. The van der Waals surface area contributed by atoms with Crippen LogP contribution in [0.3, 0.4) is 0 Å². The number of benzene rings is 1. The van der Waals surface area contributed by atoms with E-state index in [0.717, 1.165) is 5.56 Å². The number of aromatic nitrogens is 2. The predicted octanol–water partition coefficient (Wildman–Crippen LogP) is 2.82. The van der Waals surface area contributed by atoms with Gasteiger partial charge in [-0.2, -0.15) is 18.2 Å². The number of ether oxygens (including phenoxy) is 1. The molecule has 0 aliphatic heterocycles. The van der Waals surface area contributed by atoms with Crippen molar-refractivity contribution in [1.82, 2.24) is 10.1 Å². The fourth-order valence-corrected chi connectivity index (χ4v) is 1.85. The third-order valence-corrected chi connectivity index (χ3v) is 3.02. The molecule has 2 aromatic rings. The molecule has 1 heterocycles. The Morgan fingerprint density at radius 2 is 1.88 bits per heavy atom. The Hall–Kier alpha value is -2.71. The number of nitrogens with zero attached hydrogens (tertiary/aromatic N) is 2. The Morgan fingerprint density at radius 1 is 1.21 bits per heavy atom. The molecule has 0 radical (unpaired) electrons. The van der Waals surface area contributed by atoms with E-state index in [1.54, 1.807) is 19.1 Å². The molecule has 0 atom stereocenters. The Balaban J connectivity index is 1.99. The van der Waals surface area contributed by atoms with Crippen molar-refractivity contribution in [2.45, 2.75) is 25.9 Å². The molecule has 0 fully saturated rings. The molecular formula is C15H13F3N2O4. The second-order valence-corrected chi connectivity index (χ2v) is 4.76.